The van der Waals surface area contributed by atoms with Crippen molar-refractivity contribution in [3.8, 4) is 22.5 Å². The van der Waals surface area contributed by atoms with Crippen LogP contribution in [0.2, 0.25) is 0 Å². The topological polar surface area (TPSA) is 138 Å². The van der Waals surface area contributed by atoms with Gasteiger partial charge in [-0.2, -0.15) is 0 Å². The highest BCUT2D eigenvalue weighted by Gasteiger charge is 2.22. The van der Waals surface area contributed by atoms with E-state index in [4.69, 9.17) is 15.6 Å². The van der Waals surface area contributed by atoms with Gasteiger partial charge >= 0.3 is 0 Å². The van der Waals surface area contributed by atoms with E-state index in [0.29, 0.717) is 51.3 Å². The highest BCUT2D eigenvalue weighted by Crippen LogP contribution is 2.41. The number of hydrogen-bond donors (Lipinski definition) is 4. The van der Waals surface area contributed by atoms with E-state index in [1.165, 1.54) is 0 Å². The van der Waals surface area contributed by atoms with Crippen molar-refractivity contribution in [2.75, 3.05) is 17.6 Å². The maximum atomic E-state index is 13.5. The molecule has 0 spiro atoms. The Morgan fingerprint density at radius 2 is 1.67 bits per heavy atom. The Bertz CT molecular complexity index is 1810. The van der Waals surface area contributed by atoms with Crippen LogP contribution in [0, 0.1) is 5.41 Å². The molecule has 8 heteroatoms. The molecule has 8 nitrogen and oxygen atoms in total. The van der Waals surface area contributed by atoms with Gasteiger partial charge in [0.1, 0.15) is 11.3 Å². The minimum Gasteiger partial charge on any atom is -0.456 e. The number of amides is 2. The third kappa shape index (κ3) is 6.23. The monoisotopic (exact) mass is 560 g/mol. The molecule has 42 heavy (non-hydrogen) atoms. The first-order valence-corrected chi connectivity index (χ1v) is 14.0. The number of anilines is 2. The van der Waals surface area contributed by atoms with Gasteiger partial charge in [-0.05, 0) is 60.5 Å². The molecule has 0 unspecified atom stereocenters. The predicted octanol–water partition coefficient (Wildman–Crippen LogP) is 6.40. The van der Waals surface area contributed by atoms with Gasteiger partial charge in [0.25, 0.3) is 5.91 Å². The summed E-state index contributed by atoms with van der Waals surface area (Å²) in [5, 5.41) is 14.8. The van der Waals surface area contributed by atoms with Crippen molar-refractivity contribution in [3.63, 3.8) is 0 Å². The van der Waals surface area contributed by atoms with Crippen LogP contribution in [0.25, 0.3) is 33.4 Å². The second kappa shape index (κ2) is 12.5. The normalized spacial score (nSPS) is 11.0. The van der Waals surface area contributed by atoms with Gasteiger partial charge in [-0.15, -0.1) is 0 Å². The summed E-state index contributed by atoms with van der Waals surface area (Å²) in [5.74, 6) is -0.105. The van der Waals surface area contributed by atoms with Crippen molar-refractivity contribution in [2.24, 2.45) is 0 Å². The lowest BCUT2D eigenvalue weighted by molar-refractivity contribution is -0.116. The molecule has 1 aliphatic heterocycles. The number of Topliss-reactive ketones (excluding diaryl/α,β-unsaturated/α-hetero) is 1. The average Bonchev–Trinajstić information content (AvgIpc) is 2.99. The number of benzene rings is 4. The number of nitrogen functional groups attached to an aromatic ring is 1. The first-order chi connectivity index (χ1) is 20.3. The number of rotatable bonds is 10. The highest BCUT2D eigenvalue weighted by atomic mass is 16.3. The smallest absolute Gasteiger partial charge is 0.251 e. The van der Waals surface area contributed by atoms with Crippen LogP contribution in [0.1, 0.15) is 53.3 Å². The van der Waals surface area contributed by atoms with Crippen LogP contribution in [0.4, 0.5) is 11.4 Å². The summed E-state index contributed by atoms with van der Waals surface area (Å²) in [4.78, 5) is 38.4. The second-order valence-corrected chi connectivity index (χ2v) is 10.1. The van der Waals surface area contributed by atoms with E-state index in [1.807, 2.05) is 24.3 Å². The fraction of sp³-hybridized carbons (Fsp3) is 0.176. The van der Waals surface area contributed by atoms with Crippen molar-refractivity contribution in [3.05, 3.63) is 101 Å². The van der Waals surface area contributed by atoms with Gasteiger partial charge in [-0.1, -0.05) is 37.6 Å². The molecular weight excluding hydrogens is 528 g/mol. The number of carbonyl (C=O) groups excluding carboxylic acids is 3. The number of ketones is 1. The minimum absolute atomic E-state index is 0.00320. The summed E-state index contributed by atoms with van der Waals surface area (Å²) >= 11 is 0. The van der Waals surface area contributed by atoms with Gasteiger partial charge in [0, 0.05) is 70.5 Å². The molecule has 1 heterocycles. The molecule has 0 saturated heterocycles. The standard InChI is InChI=1S/C34H32N4O4/c1-2-3-18-37-34(41)21-8-12-24(13-9-21)38-32(40)17-16-29(39)25-6-4-5-7-26(25)33-27-14-10-22(35)19-30(27)42-31-20-23(36)11-15-28(31)33/h4-15,19-20,35H,2-3,16-18,36H2,1H3,(H,37,41)(H,38,40). The van der Waals surface area contributed by atoms with Gasteiger partial charge in [0.2, 0.25) is 5.91 Å². The third-order valence-corrected chi connectivity index (χ3v) is 7.07. The molecule has 5 N–H and O–H groups in total. The zero-order valence-electron chi connectivity index (χ0n) is 23.3. The van der Waals surface area contributed by atoms with Crippen molar-refractivity contribution in [2.45, 2.75) is 32.6 Å². The summed E-state index contributed by atoms with van der Waals surface area (Å²) in [6.45, 7) is 2.68. The molecule has 2 amide bonds. The lowest BCUT2D eigenvalue weighted by Gasteiger charge is -2.17. The minimum atomic E-state index is -0.297. The highest BCUT2D eigenvalue weighted by molar-refractivity contribution is 6.10. The van der Waals surface area contributed by atoms with Crippen LogP contribution in [-0.4, -0.2) is 24.1 Å². The van der Waals surface area contributed by atoms with Gasteiger partial charge in [-0.25, -0.2) is 0 Å². The fourth-order valence-corrected chi connectivity index (χ4v) is 4.91. The number of nitrogens with one attached hydrogen (secondary N) is 3. The molecule has 0 atom stereocenters. The molecule has 2 aliphatic rings. The van der Waals surface area contributed by atoms with Crippen LogP contribution in [-0.2, 0) is 4.79 Å². The summed E-state index contributed by atoms with van der Waals surface area (Å²) in [6, 6.07) is 24.5. The Labute approximate surface area is 243 Å². The van der Waals surface area contributed by atoms with Gasteiger partial charge in [-0.3, -0.25) is 14.4 Å². The van der Waals surface area contributed by atoms with Gasteiger partial charge < -0.3 is 26.2 Å². The fourth-order valence-electron chi connectivity index (χ4n) is 4.91. The maximum absolute atomic E-state index is 13.5. The number of fused-ring (bicyclic) bond motifs is 2. The zero-order valence-corrected chi connectivity index (χ0v) is 23.3. The Kier molecular flexibility index (Phi) is 8.43. The van der Waals surface area contributed by atoms with E-state index in [-0.39, 0.29) is 30.4 Å². The first kappa shape index (κ1) is 28.3. The first-order valence-electron chi connectivity index (χ1n) is 14.0. The Balaban J connectivity index is 1.34. The summed E-state index contributed by atoms with van der Waals surface area (Å²) in [6.07, 6.45) is 1.92. The lowest BCUT2D eigenvalue weighted by atomic mass is 9.89. The average molecular weight is 561 g/mol. The summed E-state index contributed by atoms with van der Waals surface area (Å²) in [7, 11) is 0. The van der Waals surface area contributed by atoms with E-state index in [2.05, 4.69) is 17.6 Å². The van der Waals surface area contributed by atoms with Crippen LogP contribution >= 0.6 is 0 Å². The molecule has 1 aliphatic carbocycles. The Morgan fingerprint density at radius 1 is 0.881 bits per heavy atom. The zero-order chi connectivity index (χ0) is 29.6. The largest absolute Gasteiger partial charge is 0.456 e. The number of nitrogens with two attached hydrogens (primary N) is 1. The van der Waals surface area contributed by atoms with E-state index >= 15 is 0 Å². The van der Waals surface area contributed by atoms with E-state index in [0.717, 1.165) is 29.4 Å². The van der Waals surface area contributed by atoms with Gasteiger partial charge in [0.15, 0.2) is 5.78 Å². The molecule has 0 radical (unpaired) electrons. The quantitative estimate of drug-likeness (QED) is 0.0678. The Hall–Kier alpha value is -5.24. The van der Waals surface area contributed by atoms with Crippen molar-refractivity contribution in [1.82, 2.24) is 5.32 Å². The molecule has 212 valence electrons. The molecule has 0 bridgehead atoms. The van der Waals surface area contributed by atoms with Crippen molar-refractivity contribution in [1.29, 1.82) is 5.41 Å². The van der Waals surface area contributed by atoms with E-state index in [1.54, 1.807) is 60.7 Å². The van der Waals surface area contributed by atoms with E-state index < -0.39 is 0 Å². The molecule has 0 saturated carbocycles. The number of hydrogen-bond acceptors (Lipinski definition) is 6. The maximum Gasteiger partial charge on any atom is 0.251 e. The van der Waals surface area contributed by atoms with Gasteiger partial charge in [0.05, 0.1) is 5.36 Å². The number of unbranched alkanes of at least 4 members (excludes halogenated alkanes) is 1. The molecule has 3 aromatic carbocycles. The Morgan fingerprint density at radius 3 is 2.45 bits per heavy atom. The predicted molar refractivity (Wildman–Crippen MR) is 164 cm³/mol. The SMILES string of the molecule is CCCCNC(=O)c1ccc(NC(=O)CCC(=O)c2ccccc2-c2c3ccc(=N)cc-3oc3cc(N)ccc23)cc1. The van der Waals surface area contributed by atoms with Crippen molar-refractivity contribution < 1.29 is 18.8 Å². The van der Waals surface area contributed by atoms with Crippen LogP contribution in [0.15, 0.2) is 89.3 Å². The summed E-state index contributed by atoms with van der Waals surface area (Å²) in [5.41, 5.74) is 11.0. The van der Waals surface area contributed by atoms with Crippen LogP contribution in [0.3, 0.4) is 0 Å². The van der Waals surface area contributed by atoms with Crippen molar-refractivity contribution >= 4 is 39.9 Å². The van der Waals surface area contributed by atoms with Crippen LogP contribution < -0.4 is 21.7 Å². The molecule has 0 fully saturated rings. The third-order valence-electron chi connectivity index (χ3n) is 7.07. The molecule has 0 aromatic heterocycles. The molecule has 3 aromatic rings. The van der Waals surface area contributed by atoms with E-state index in [9.17, 15) is 14.4 Å². The lowest BCUT2D eigenvalue weighted by Crippen LogP contribution is -2.24. The second-order valence-electron chi connectivity index (χ2n) is 10.1. The summed E-state index contributed by atoms with van der Waals surface area (Å²) < 4.78 is 6.09. The molecular formula is C34H32N4O4. The van der Waals surface area contributed by atoms with Crippen LogP contribution in [0.5, 0.6) is 0 Å². The number of carbonyl (C=O) groups is 3. The molecule has 5 rings (SSSR count).